The zero-order valence-corrected chi connectivity index (χ0v) is 9.25. The summed E-state index contributed by atoms with van der Waals surface area (Å²) in [5.41, 5.74) is 1.10. The van der Waals surface area contributed by atoms with E-state index >= 15 is 0 Å². The van der Waals surface area contributed by atoms with Crippen LogP contribution in [-0.4, -0.2) is 13.3 Å². The lowest BCUT2D eigenvalue weighted by Gasteiger charge is -2.08. The largest absolute Gasteiger partial charge is 0.454 e. The summed E-state index contributed by atoms with van der Waals surface area (Å²) in [5, 5.41) is 3.37. The fraction of sp³-hybridized carbons (Fsp3) is 0.500. The minimum absolute atomic E-state index is 0.338. The van der Waals surface area contributed by atoms with Crippen LogP contribution in [0.3, 0.4) is 0 Å². The van der Waals surface area contributed by atoms with Gasteiger partial charge in [0, 0.05) is 18.3 Å². The second-order valence-corrected chi connectivity index (χ2v) is 4.18. The van der Waals surface area contributed by atoms with E-state index in [-0.39, 0.29) is 0 Å². The lowest BCUT2D eigenvalue weighted by molar-refractivity contribution is 0.174. The van der Waals surface area contributed by atoms with E-state index in [1.54, 1.807) is 0 Å². The molecular weight excluding hydrogens is 190 g/mol. The molecule has 15 heavy (non-hydrogen) atoms. The van der Waals surface area contributed by atoms with E-state index < -0.39 is 0 Å². The van der Waals surface area contributed by atoms with Crippen molar-refractivity contribution in [3.63, 3.8) is 0 Å². The van der Waals surface area contributed by atoms with Crippen LogP contribution in [0.4, 0.5) is 5.69 Å². The topological polar surface area (TPSA) is 30.5 Å². The summed E-state index contributed by atoms with van der Waals surface area (Å²) in [6, 6.07) is 5.95. The van der Waals surface area contributed by atoms with E-state index in [1.807, 2.05) is 18.2 Å². The normalized spacial score (nSPS) is 13.3. The van der Waals surface area contributed by atoms with Crippen molar-refractivity contribution in [1.82, 2.24) is 0 Å². The molecule has 82 valence electrons. The predicted octanol–water partition coefficient (Wildman–Crippen LogP) is 2.87. The zero-order valence-electron chi connectivity index (χ0n) is 9.25. The Morgan fingerprint density at radius 1 is 1.27 bits per heavy atom. The Labute approximate surface area is 90.4 Å². The second-order valence-electron chi connectivity index (χ2n) is 4.18. The van der Waals surface area contributed by atoms with Gasteiger partial charge in [-0.2, -0.15) is 0 Å². The van der Waals surface area contributed by atoms with E-state index in [0.29, 0.717) is 6.79 Å². The molecule has 1 aromatic carbocycles. The van der Waals surface area contributed by atoms with Gasteiger partial charge >= 0.3 is 0 Å². The maximum Gasteiger partial charge on any atom is 0.231 e. The van der Waals surface area contributed by atoms with Crippen LogP contribution >= 0.6 is 0 Å². The molecule has 0 spiro atoms. The molecular formula is C12H17NO2. The summed E-state index contributed by atoms with van der Waals surface area (Å²) in [5.74, 6) is 2.40. The Kier molecular flexibility index (Phi) is 2.99. The maximum absolute atomic E-state index is 5.30. The van der Waals surface area contributed by atoms with E-state index in [9.17, 15) is 0 Å². The van der Waals surface area contributed by atoms with Crippen LogP contribution in [0, 0.1) is 5.92 Å². The molecule has 1 aliphatic rings. The highest BCUT2D eigenvalue weighted by Crippen LogP contribution is 2.34. The van der Waals surface area contributed by atoms with Gasteiger partial charge in [0.25, 0.3) is 0 Å². The first-order chi connectivity index (χ1) is 7.25. The van der Waals surface area contributed by atoms with Gasteiger partial charge in [-0.1, -0.05) is 13.8 Å². The lowest BCUT2D eigenvalue weighted by atomic mass is 10.1. The number of benzene rings is 1. The van der Waals surface area contributed by atoms with Crippen LogP contribution in [-0.2, 0) is 0 Å². The Morgan fingerprint density at radius 3 is 2.87 bits per heavy atom. The van der Waals surface area contributed by atoms with Crippen molar-refractivity contribution in [3.8, 4) is 11.5 Å². The van der Waals surface area contributed by atoms with Crippen LogP contribution in [0.25, 0.3) is 0 Å². The molecule has 1 heterocycles. The average molecular weight is 207 g/mol. The SMILES string of the molecule is CC(C)CCNc1ccc2c(c1)OCO2. The molecule has 0 saturated heterocycles. The molecule has 0 aliphatic carbocycles. The Bertz CT molecular complexity index is 336. The number of hydrogen-bond donors (Lipinski definition) is 1. The van der Waals surface area contributed by atoms with Crippen molar-refractivity contribution in [1.29, 1.82) is 0 Å². The molecule has 0 fully saturated rings. The third kappa shape index (κ3) is 2.55. The highest BCUT2D eigenvalue weighted by molar-refractivity contribution is 5.55. The number of fused-ring (bicyclic) bond motifs is 1. The monoisotopic (exact) mass is 207 g/mol. The summed E-state index contributed by atoms with van der Waals surface area (Å²) in [6.45, 7) is 5.78. The smallest absolute Gasteiger partial charge is 0.231 e. The number of hydrogen-bond acceptors (Lipinski definition) is 3. The Morgan fingerprint density at radius 2 is 2.07 bits per heavy atom. The van der Waals surface area contributed by atoms with Crippen molar-refractivity contribution in [2.45, 2.75) is 20.3 Å². The van der Waals surface area contributed by atoms with Crippen molar-refractivity contribution >= 4 is 5.69 Å². The van der Waals surface area contributed by atoms with Gasteiger partial charge in [-0.05, 0) is 24.5 Å². The molecule has 0 atom stereocenters. The molecule has 0 aromatic heterocycles. The first-order valence-electron chi connectivity index (χ1n) is 5.39. The van der Waals surface area contributed by atoms with Gasteiger partial charge in [-0.25, -0.2) is 0 Å². The van der Waals surface area contributed by atoms with Crippen LogP contribution in [0.1, 0.15) is 20.3 Å². The predicted molar refractivity (Wildman–Crippen MR) is 60.5 cm³/mol. The first kappa shape index (κ1) is 10.1. The molecule has 0 amide bonds. The highest BCUT2D eigenvalue weighted by Gasteiger charge is 2.12. The lowest BCUT2D eigenvalue weighted by Crippen LogP contribution is -2.04. The molecule has 3 nitrogen and oxygen atoms in total. The number of ether oxygens (including phenoxy) is 2. The summed E-state index contributed by atoms with van der Waals surface area (Å²) < 4.78 is 10.6. The molecule has 3 heteroatoms. The number of anilines is 1. The summed E-state index contributed by atoms with van der Waals surface area (Å²) in [7, 11) is 0. The molecule has 1 N–H and O–H groups in total. The van der Waals surface area contributed by atoms with Crippen molar-refractivity contribution in [2.75, 3.05) is 18.7 Å². The molecule has 0 unspecified atom stereocenters. The van der Waals surface area contributed by atoms with Gasteiger partial charge in [-0.15, -0.1) is 0 Å². The molecule has 0 bridgehead atoms. The molecule has 1 aliphatic heterocycles. The minimum Gasteiger partial charge on any atom is -0.454 e. The summed E-state index contributed by atoms with van der Waals surface area (Å²) in [6.07, 6.45) is 1.18. The number of nitrogens with one attached hydrogen (secondary N) is 1. The van der Waals surface area contributed by atoms with Crippen LogP contribution in [0.15, 0.2) is 18.2 Å². The minimum atomic E-state index is 0.338. The van der Waals surface area contributed by atoms with E-state index in [2.05, 4.69) is 19.2 Å². The van der Waals surface area contributed by atoms with Crippen molar-refractivity contribution < 1.29 is 9.47 Å². The van der Waals surface area contributed by atoms with Crippen molar-refractivity contribution in [3.05, 3.63) is 18.2 Å². The van der Waals surface area contributed by atoms with E-state index in [4.69, 9.17) is 9.47 Å². The van der Waals surface area contributed by atoms with Crippen LogP contribution < -0.4 is 14.8 Å². The van der Waals surface area contributed by atoms with Crippen LogP contribution in [0.2, 0.25) is 0 Å². The highest BCUT2D eigenvalue weighted by atomic mass is 16.7. The number of rotatable bonds is 4. The van der Waals surface area contributed by atoms with Gasteiger partial charge in [0.2, 0.25) is 6.79 Å². The molecule has 2 rings (SSSR count). The summed E-state index contributed by atoms with van der Waals surface area (Å²) >= 11 is 0. The fourth-order valence-electron chi connectivity index (χ4n) is 1.51. The average Bonchev–Trinajstić information content (AvgIpc) is 2.64. The quantitative estimate of drug-likeness (QED) is 0.823. The van der Waals surface area contributed by atoms with E-state index in [0.717, 1.165) is 29.6 Å². The van der Waals surface area contributed by atoms with Gasteiger partial charge in [0.05, 0.1) is 0 Å². The molecule has 1 aromatic rings. The van der Waals surface area contributed by atoms with Gasteiger partial charge < -0.3 is 14.8 Å². The summed E-state index contributed by atoms with van der Waals surface area (Å²) in [4.78, 5) is 0. The third-order valence-corrected chi connectivity index (χ3v) is 2.42. The first-order valence-corrected chi connectivity index (χ1v) is 5.39. The van der Waals surface area contributed by atoms with Crippen LogP contribution in [0.5, 0.6) is 11.5 Å². The Balaban J connectivity index is 1.92. The van der Waals surface area contributed by atoms with Crippen molar-refractivity contribution in [2.24, 2.45) is 5.92 Å². The van der Waals surface area contributed by atoms with E-state index in [1.165, 1.54) is 6.42 Å². The zero-order chi connectivity index (χ0) is 10.7. The third-order valence-electron chi connectivity index (χ3n) is 2.42. The van der Waals surface area contributed by atoms with Gasteiger partial charge in [0.15, 0.2) is 11.5 Å². The standard InChI is InChI=1S/C12H17NO2/c1-9(2)5-6-13-10-3-4-11-12(7-10)15-8-14-11/h3-4,7,9,13H,5-6,8H2,1-2H3. The Hall–Kier alpha value is -1.38. The van der Waals surface area contributed by atoms with Gasteiger partial charge in [0.1, 0.15) is 0 Å². The molecule has 0 radical (unpaired) electrons. The second kappa shape index (κ2) is 4.43. The fourth-order valence-corrected chi connectivity index (χ4v) is 1.51. The maximum atomic E-state index is 5.30. The molecule has 0 saturated carbocycles. The van der Waals surface area contributed by atoms with Gasteiger partial charge in [-0.3, -0.25) is 0 Å².